The molecular formula is C21H26N2O3. The lowest BCUT2D eigenvalue weighted by Crippen LogP contribution is -2.39. The third-order valence-corrected chi connectivity index (χ3v) is 4.42. The van der Waals surface area contributed by atoms with E-state index in [1.54, 1.807) is 6.20 Å². The molecule has 1 aromatic carbocycles. The molecule has 0 saturated heterocycles. The van der Waals surface area contributed by atoms with Crippen molar-refractivity contribution >= 4 is 5.91 Å². The average molecular weight is 354 g/mol. The van der Waals surface area contributed by atoms with Crippen LogP contribution in [0.2, 0.25) is 0 Å². The largest absolute Gasteiger partial charge is 0.491 e. The van der Waals surface area contributed by atoms with E-state index in [0.29, 0.717) is 11.4 Å². The first kappa shape index (κ1) is 18.2. The van der Waals surface area contributed by atoms with Crippen LogP contribution in [0.4, 0.5) is 0 Å². The van der Waals surface area contributed by atoms with Gasteiger partial charge in [-0.3, -0.25) is 4.79 Å². The third kappa shape index (κ3) is 5.22. The van der Waals surface area contributed by atoms with Gasteiger partial charge in [0, 0.05) is 23.9 Å². The van der Waals surface area contributed by atoms with Gasteiger partial charge in [0.15, 0.2) is 0 Å². The molecular weight excluding hydrogens is 328 g/mol. The number of hydrogen-bond donors (Lipinski definition) is 1. The van der Waals surface area contributed by atoms with Crippen LogP contribution in [0.1, 0.15) is 49.9 Å². The molecule has 2 aromatic rings. The SMILES string of the molecule is CC(C)Oc1ccc(C(=O)NC2CCC(Oc3ccccn3)CC2)cc1. The summed E-state index contributed by atoms with van der Waals surface area (Å²) in [5.74, 6) is 1.42. The number of carbonyl (C=O) groups is 1. The predicted octanol–water partition coefficient (Wildman–Crippen LogP) is 3.99. The van der Waals surface area contributed by atoms with Crippen molar-refractivity contribution in [2.45, 2.75) is 57.8 Å². The number of aromatic nitrogens is 1. The summed E-state index contributed by atoms with van der Waals surface area (Å²) in [5, 5.41) is 3.13. The first-order valence-corrected chi connectivity index (χ1v) is 9.25. The van der Waals surface area contributed by atoms with Crippen molar-refractivity contribution in [1.29, 1.82) is 0 Å². The molecule has 0 unspecified atom stereocenters. The van der Waals surface area contributed by atoms with Crippen LogP contribution in [0.25, 0.3) is 0 Å². The highest BCUT2D eigenvalue weighted by atomic mass is 16.5. The number of carbonyl (C=O) groups excluding carboxylic acids is 1. The van der Waals surface area contributed by atoms with E-state index in [4.69, 9.17) is 9.47 Å². The van der Waals surface area contributed by atoms with Crippen LogP contribution >= 0.6 is 0 Å². The maximum Gasteiger partial charge on any atom is 0.251 e. The first-order chi connectivity index (χ1) is 12.6. The van der Waals surface area contributed by atoms with Crippen LogP contribution in [0.15, 0.2) is 48.7 Å². The Balaban J connectivity index is 1.46. The topological polar surface area (TPSA) is 60.5 Å². The molecule has 0 bridgehead atoms. The summed E-state index contributed by atoms with van der Waals surface area (Å²) in [4.78, 5) is 16.6. The lowest BCUT2D eigenvalue weighted by molar-refractivity contribution is 0.0890. The van der Waals surface area contributed by atoms with E-state index in [0.717, 1.165) is 31.4 Å². The van der Waals surface area contributed by atoms with Crippen molar-refractivity contribution in [1.82, 2.24) is 10.3 Å². The highest BCUT2D eigenvalue weighted by Gasteiger charge is 2.24. The van der Waals surface area contributed by atoms with E-state index in [1.165, 1.54) is 0 Å². The van der Waals surface area contributed by atoms with Crippen molar-refractivity contribution in [3.63, 3.8) is 0 Å². The van der Waals surface area contributed by atoms with E-state index in [9.17, 15) is 4.79 Å². The summed E-state index contributed by atoms with van der Waals surface area (Å²) in [6.07, 6.45) is 5.70. The second-order valence-corrected chi connectivity index (χ2v) is 6.92. The minimum absolute atomic E-state index is 0.0322. The van der Waals surface area contributed by atoms with Crippen LogP contribution in [0, 0.1) is 0 Å². The molecule has 1 amide bonds. The molecule has 5 nitrogen and oxygen atoms in total. The molecule has 0 atom stereocenters. The van der Waals surface area contributed by atoms with Gasteiger partial charge in [-0.2, -0.15) is 0 Å². The van der Waals surface area contributed by atoms with E-state index in [1.807, 2.05) is 56.3 Å². The Morgan fingerprint density at radius 1 is 1.08 bits per heavy atom. The number of ether oxygens (including phenoxy) is 2. The standard InChI is InChI=1S/C21H26N2O3/c1-15(2)25-18-10-6-16(7-11-18)21(24)23-17-8-12-19(13-9-17)26-20-5-3-4-14-22-20/h3-7,10-11,14-15,17,19H,8-9,12-13H2,1-2H3,(H,23,24). The second-order valence-electron chi connectivity index (χ2n) is 6.92. The van der Waals surface area contributed by atoms with Crippen molar-refractivity contribution < 1.29 is 14.3 Å². The second kappa shape index (κ2) is 8.70. The molecule has 138 valence electrons. The van der Waals surface area contributed by atoms with Gasteiger partial charge in [-0.15, -0.1) is 0 Å². The maximum atomic E-state index is 12.4. The van der Waals surface area contributed by atoms with E-state index in [-0.39, 0.29) is 24.2 Å². The molecule has 0 radical (unpaired) electrons. The number of nitrogens with zero attached hydrogens (tertiary/aromatic N) is 1. The lowest BCUT2D eigenvalue weighted by Gasteiger charge is -2.29. The summed E-state index contributed by atoms with van der Waals surface area (Å²) < 4.78 is 11.5. The molecule has 26 heavy (non-hydrogen) atoms. The molecule has 1 aliphatic rings. The Bertz CT molecular complexity index is 693. The van der Waals surface area contributed by atoms with Gasteiger partial charge < -0.3 is 14.8 Å². The average Bonchev–Trinajstić information content (AvgIpc) is 2.64. The summed E-state index contributed by atoms with van der Waals surface area (Å²) >= 11 is 0. The Hall–Kier alpha value is -2.56. The third-order valence-electron chi connectivity index (χ3n) is 4.42. The highest BCUT2D eigenvalue weighted by molar-refractivity contribution is 5.94. The number of benzene rings is 1. The van der Waals surface area contributed by atoms with Gasteiger partial charge in [-0.05, 0) is 69.9 Å². The Labute approximate surface area is 154 Å². The first-order valence-electron chi connectivity index (χ1n) is 9.25. The molecule has 1 heterocycles. The van der Waals surface area contributed by atoms with Crippen molar-refractivity contribution in [3.8, 4) is 11.6 Å². The van der Waals surface area contributed by atoms with Gasteiger partial charge in [0.1, 0.15) is 11.9 Å². The van der Waals surface area contributed by atoms with Gasteiger partial charge in [-0.25, -0.2) is 4.98 Å². The number of rotatable bonds is 6. The Morgan fingerprint density at radius 3 is 2.42 bits per heavy atom. The fraction of sp³-hybridized carbons (Fsp3) is 0.429. The molecule has 0 spiro atoms. The van der Waals surface area contributed by atoms with Gasteiger partial charge in [0.2, 0.25) is 5.88 Å². The quantitative estimate of drug-likeness (QED) is 0.852. The number of nitrogens with one attached hydrogen (secondary N) is 1. The molecule has 5 heteroatoms. The normalized spacial score (nSPS) is 19.8. The number of hydrogen-bond acceptors (Lipinski definition) is 4. The monoisotopic (exact) mass is 354 g/mol. The number of pyridine rings is 1. The zero-order chi connectivity index (χ0) is 18.4. The molecule has 1 saturated carbocycles. The summed E-state index contributed by atoms with van der Waals surface area (Å²) in [6, 6.07) is 13.2. The van der Waals surface area contributed by atoms with E-state index < -0.39 is 0 Å². The van der Waals surface area contributed by atoms with Crippen LogP contribution in [0.5, 0.6) is 11.6 Å². The summed E-state index contributed by atoms with van der Waals surface area (Å²) in [5.41, 5.74) is 0.660. The van der Waals surface area contributed by atoms with Gasteiger partial charge >= 0.3 is 0 Å². The van der Waals surface area contributed by atoms with Crippen molar-refractivity contribution in [2.24, 2.45) is 0 Å². The van der Waals surface area contributed by atoms with Crippen LogP contribution in [0.3, 0.4) is 0 Å². The smallest absolute Gasteiger partial charge is 0.251 e. The van der Waals surface area contributed by atoms with Gasteiger partial charge in [-0.1, -0.05) is 6.07 Å². The minimum Gasteiger partial charge on any atom is -0.491 e. The van der Waals surface area contributed by atoms with Crippen LogP contribution in [-0.2, 0) is 0 Å². The molecule has 1 aliphatic carbocycles. The van der Waals surface area contributed by atoms with Crippen LogP contribution in [-0.4, -0.2) is 29.1 Å². The molecule has 1 fully saturated rings. The van der Waals surface area contributed by atoms with Crippen LogP contribution < -0.4 is 14.8 Å². The molecule has 1 N–H and O–H groups in total. The molecule has 0 aliphatic heterocycles. The molecule has 1 aromatic heterocycles. The van der Waals surface area contributed by atoms with Crippen molar-refractivity contribution in [2.75, 3.05) is 0 Å². The fourth-order valence-corrected chi connectivity index (χ4v) is 3.14. The zero-order valence-electron chi connectivity index (χ0n) is 15.4. The van der Waals surface area contributed by atoms with E-state index in [2.05, 4.69) is 10.3 Å². The summed E-state index contributed by atoms with van der Waals surface area (Å²) in [7, 11) is 0. The van der Waals surface area contributed by atoms with Gasteiger partial charge in [0.25, 0.3) is 5.91 Å². The van der Waals surface area contributed by atoms with E-state index >= 15 is 0 Å². The number of amides is 1. The highest BCUT2D eigenvalue weighted by Crippen LogP contribution is 2.23. The van der Waals surface area contributed by atoms with Crippen molar-refractivity contribution in [3.05, 3.63) is 54.2 Å². The van der Waals surface area contributed by atoms with Gasteiger partial charge in [0.05, 0.1) is 6.10 Å². The zero-order valence-corrected chi connectivity index (χ0v) is 15.4. The Kier molecular flexibility index (Phi) is 6.10. The Morgan fingerprint density at radius 2 is 1.81 bits per heavy atom. The fourth-order valence-electron chi connectivity index (χ4n) is 3.14. The lowest BCUT2D eigenvalue weighted by atomic mass is 9.92. The predicted molar refractivity (Wildman–Crippen MR) is 101 cm³/mol. The maximum absolute atomic E-state index is 12.4. The minimum atomic E-state index is -0.0322. The summed E-state index contributed by atoms with van der Waals surface area (Å²) in [6.45, 7) is 3.96. The molecule has 3 rings (SSSR count).